The summed E-state index contributed by atoms with van der Waals surface area (Å²) in [5.74, 6) is 5.91. The molecule has 86 heavy (non-hydrogen) atoms. The molecule has 5 heterocycles. The average molecular weight is 1150 g/mol. The summed E-state index contributed by atoms with van der Waals surface area (Å²) < 4.78 is 24.5. The number of nitrogens with zero attached hydrogens (tertiary/aromatic N) is 2. The Kier molecular flexibility index (Phi) is 13.0. The van der Waals surface area contributed by atoms with Crippen LogP contribution >= 0.6 is 0 Å². The third kappa shape index (κ3) is 9.23. The summed E-state index contributed by atoms with van der Waals surface area (Å²) in [6.45, 7) is 4.76. The van der Waals surface area contributed by atoms with E-state index in [4.69, 9.17) is 28.9 Å². The Morgan fingerprint density at radius 2 is 0.767 bits per heavy atom. The number of fused-ring (bicyclic) bond motifs is 8. The highest BCUT2D eigenvalue weighted by molar-refractivity contribution is 6.00. The predicted octanol–water partition coefficient (Wildman–Crippen LogP) is 15.3. The van der Waals surface area contributed by atoms with Crippen molar-refractivity contribution in [3.05, 3.63) is 143 Å². The molecule has 0 spiro atoms. The summed E-state index contributed by atoms with van der Waals surface area (Å²) in [5.41, 5.74) is 17.2. The zero-order valence-electron chi connectivity index (χ0n) is 50.3. The number of methoxy groups -OCH3 is 4. The number of nitrogens with one attached hydrogen (secondary N) is 4. The lowest BCUT2D eigenvalue weighted by Crippen LogP contribution is -2.57. The smallest absolute Gasteiger partial charge is 0.216 e. The summed E-state index contributed by atoms with van der Waals surface area (Å²) in [4.78, 5) is 44.0. The predicted molar refractivity (Wildman–Crippen MR) is 342 cm³/mol. The van der Waals surface area contributed by atoms with Crippen LogP contribution in [0.2, 0.25) is 0 Å². The maximum Gasteiger partial charge on any atom is 0.216 e. The Labute approximate surface area is 503 Å². The van der Waals surface area contributed by atoms with Gasteiger partial charge in [0.1, 0.15) is 23.0 Å². The van der Waals surface area contributed by atoms with Crippen molar-refractivity contribution in [1.82, 2.24) is 30.6 Å². The summed E-state index contributed by atoms with van der Waals surface area (Å²) in [6, 6.07) is 38.9. The molecule has 2 amide bonds. The zero-order chi connectivity index (χ0) is 58.7. The van der Waals surface area contributed by atoms with E-state index in [9.17, 15) is 9.59 Å². The Hall–Kier alpha value is -8.38. The molecule has 0 saturated heterocycles. The van der Waals surface area contributed by atoms with Gasteiger partial charge in [0.2, 0.25) is 11.8 Å². The normalized spacial score (nSPS) is 26.2. The van der Waals surface area contributed by atoms with Gasteiger partial charge in [-0.15, -0.1) is 0 Å². The number of amides is 2. The van der Waals surface area contributed by atoms with Gasteiger partial charge >= 0.3 is 0 Å². The van der Waals surface area contributed by atoms with Gasteiger partial charge in [-0.25, -0.2) is 9.97 Å². The largest absolute Gasteiger partial charge is 0.497 e. The number of aromatic nitrogens is 4. The number of H-pyrrole nitrogens is 2. The molecule has 8 aliphatic carbocycles. The first-order valence-corrected chi connectivity index (χ1v) is 31.1. The maximum absolute atomic E-state index is 12.4. The summed E-state index contributed by atoms with van der Waals surface area (Å²) >= 11 is 0. The van der Waals surface area contributed by atoms with Crippen LogP contribution in [0, 0.1) is 34.5 Å². The Bertz CT molecular complexity index is 3860. The molecule has 12 nitrogen and oxygen atoms in total. The van der Waals surface area contributed by atoms with Crippen LogP contribution < -0.4 is 29.6 Å². The van der Waals surface area contributed by atoms with E-state index in [0.717, 1.165) is 164 Å². The molecule has 4 aromatic carbocycles. The van der Waals surface area contributed by atoms with E-state index in [1.54, 1.807) is 28.1 Å². The second-order valence-corrected chi connectivity index (χ2v) is 27.1. The third-order valence-electron chi connectivity index (χ3n) is 21.4. The fraction of sp³-hybridized carbons (Fsp3) is 0.378. The molecule has 12 heteroatoms. The SMILES string of the molecule is COc1ccc(-c2c3nc(c(-c4ccc(OC)cc4)c4ccc([nH]4)c(-c4ccc(C56CC7CC(CC(CNC(C)=O)(C7)C5)C6)c(OC)c4)c4nc(c(-c5ccc(C67CC8CC(CC(CNC(C)=O)(C8)C6)C7)c(OC)c5)c5ccc2[nH]5)C=C4)C=C3)cc1. The van der Waals surface area contributed by atoms with Crippen LogP contribution in [0.1, 0.15) is 125 Å². The molecule has 10 aliphatic rings. The second kappa shape index (κ2) is 20.7. The minimum absolute atomic E-state index is 0.0413. The molecule has 0 radical (unpaired) electrons. The van der Waals surface area contributed by atoms with Crippen molar-refractivity contribution in [3.8, 4) is 67.5 Å². The first kappa shape index (κ1) is 54.3. The van der Waals surface area contributed by atoms with Gasteiger partial charge in [-0.3, -0.25) is 9.59 Å². The van der Waals surface area contributed by atoms with Crippen LogP contribution in [-0.4, -0.2) is 73.3 Å². The quantitative estimate of drug-likeness (QED) is 0.0840. The van der Waals surface area contributed by atoms with Gasteiger partial charge in [0.25, 0.3) is 0 Å². The fourth-order valence-corrected chi connectivity index (χ4v) is 19.1. The van der Waals surface area contributed by atoms with Crippen LogP contribution in [0.4, 0.5) is 0 Å². The standard InChI is InChI=1S/C74H76N6O6/c1-43(81)75-41-71-31-45-27-46(32-71)36-73(35-45,39-71)55-17-11-51(29-65(55)85-5)69-61-23-21-59(78-61)67(49-7-13-53(83-3)14-8-49)57-19-20-58(77-57)68(50-9-15-54(84-4)16-10-50)60-22-24-62(79-60)70(64-26-25-63(69)80-64)52-12-18-56(66(30-52)86-6)74-37-47-28-48(38-74)34-72(33-47,40-74)42-76-44(2)82/h7-26,29-30,45-48,78-79H,27-28,31-42H2,1-6H3,(H,75,81)(H,76,82). The van der Waals surface area contributed by atoms with Gasteiger partial charge in [0.15, 0.2) is 0 Å². The van der Waals surface area contributed by atoms with Crippen LogP contribution in [0.15, 0.2) is 109 Å². The highest BCUT2D eigenvalue weighted by Gasteiger charge is 2.60. The van der Waals surface area contributed by atoms with E-state index in [-0.39, 0.29) is 33.5 Å². The molecule has 8 fully saturated rings. The number of aromatic amines is 2. The first-order chi connectivity index (χ1) is 41.7. The molecular weight excluding hydrogens is 1070 g/mol. The van der Waals surface area contributed by atoms with Crippen molar-refractivity contribution in [2.24, 2.45) is 34.5 Å². The minimum Gasteiger partial charge on any atom is -0.497 e. The lowest BCUT2D eigenvalue weighted by atomic mass is 9.43. The Morgan fingerprint density at radius 3 is 1.08 bits per heavy atom. The number of benzene rings is 4. The molecular formula is C74H76N6O6. The van der Waals surface area contributed by atoms with E-state index in [1.807, 2.05) is 38.5 Å². The monoisotopic (exact) mass is 1140 g/mol. The van der Waals surface area contributed by atoms with Gasteiger partial charge in [0.05, 0.1) is 51.2 Å². The molecule has 2 aliphatic heterocycles. The molecule has 16 bridgehead atoms. The third-order valence-corrected chi connectivity index (χ3v) is 21.4. The van der Waals surface area contributed by atoms with Crippen molar-refractivity contribution < 1.29 is 28.5 Å². The lowest BCUT2D eigenvalue weighted by Gasteiger charge is -2.62. The van der Waals surface area contributed by atoms with Crippen molar-refractivity contribution in [1.29, 1.82) is 0 Å². The number of ether oxygens (including phenoxy) is 4. The minimum atomic E-state index is -0.0413. The van der Waals surface area contributed by atoms with E-state index < -0.39 is 0 Å². The van der Waals surface area contributed by atoms with Gasteiger partial charge in [-0.2, -0.15) is 0 Å². The number of carbonyl (C=O) groups excluding carboxylic acids is 2. The van der Waals surface area contributed by atoms with Crippen molar-refractivity contribution in [2.75, 3.05) is 41.5 Å². The van der Waals surface area contributed by atoms with E-state index in [1.165, 1.54) is 49.7 Å². The fourth-order valence-electron chi connectivity index (χ4n) is 19.1. The van der Waals surface area contributed by atoms with Crippen molar-refractivity contribution in [2.45, 2.75) is 102 Å². The number of rotatable bonds is 14. The number of hydrogen-bond acceptors (Lipinski definition) is 8. The summed E-state index contributed by atoms with van der Waals surface area (Å²) in [7, 11) is 7.02. The molecule has 17 rings (SSSR count). The van der Waals surface area contributed by atoms with Crippen LogP contribution in [0.3, 0.4) is 0 Å². The first-order valence-electron chi connectivity index (χ1n) is 31.1. The second-order valence-electron chi connectivity index (χ2n) is 27.1. The average Bonchev–Trinajstić information content (AvgIpc) is 1.04. The van der Waals surface area contributed by atoms with Crippen LogP contribution in [0.25, 0.3) is 90.9 Å². The van der Waals surface area contributed by atoms with Gasteiger partial charge < -0.3 is 39.5 Å². The van der Waals surface area contributed by atoms with Crippen LogP contribution in [0.5, 0.6) is 23.0 Å². The van der Waals surface area contributed by atoms with E-state index in [0.29, 0.717) is 23.7 Å². The molecule has 4 atom stereocenters. The van der Waals surface area contributed by atoms with Crippen molar-refractivity contribution >= 4 is 58.2 Å². The summed E-state index contributed by atoms with van der Waals surface area (Å²) in [6.07, 6.45) is 22.5. The van der Waals surface area contributed by atoms with Crippen LogP contribution in [-0.2, 0) is 20.4 Å². The highest BCUT2D eigenvalue weighted by Crippen LogP contribution is 2.68. The van der Waals surface area contributed by atoms with E-state index >= 15 is 0 Å². The van der Waals surface area contributed by atoms with E-state index in [2.05, 4.69) is 130 Å². The molecule has 4 N–H and O–H groups in total. The molecule has 438 valence electrons. The molecule has 3 aromatic heterocycles. The molecule has 8 saturated carbocycles. The Morgan fingerprint density at radius 1 is 0.442 bits per heavy atom. The van der Waals surface area contributed by atoms with Gasteiger partial charge in [-0.1, -0.05) is 48.5 Å². The highest BCUT2D eigenvalue weighted by atomic mass is 16.5. The maximum atomic E-state index is 12.4. The zero-order valence-corrected chi connectivity index (χ0v) is 50.3. The van der Waals surface area contributed by atoms with Crippen molar-refractivity contribution in [3.63, 3.8) is 0 Å². The number of hydrogen-bond donors (Lipinski definition) is 4. The molecule has 7 aromatic rings. The van der Waals surface area contributed by atoms with Gasteiger partial charge in [-0.05, 0) is 219 Å². The Balaban J connectivity index is 0.961. The molecule has 4 unspecified atom stereocenters. The number of carbonyl (C=O) groups is 2. The van der Waals surface area contributed by atoms with Gasteiger partial charge in [0, 0.05) is 93.2 Å². The lowest BCUT2D eigenvalue weighted by molar-refractivity contribution is -0.122. The topological polar surface area (TPSA) is 152 Å². The summed E-state index contributed by atoms with van der Waals surface area (Å²) in [5, 5.41) is 6.52.